The van der Waals surface area contributed by atoms with Crippen molar-refractivity contribution in [2.45, 2.75) is 25.6 Å². The number of fused-ring (bicyclic) bond motifs is 1. The van der Waals surface area contributed by atoms with Crippen molar-refractivity contribution in [3.63, 3.8) is 0 Å². The lowest BCUT2D eigenvalue weighted by Crippen LogP contribution is -2.40. The van der Waals surface area contributed by atoms with Gasteiger partial charge in [0.25, 0.3) is 0 Å². The zero-order valence-corrected chi connectivity index (χ0v) is 16.6. The van der Waals surface area contributed by atoms with Crippen LogP contribution in [-0.4, -0.2) is 47.8 Å². The number of carbonyl (C=O) groups is 2. The molecule has 0 saturated heterocycles. The second-order valence-corrected chi connectivity index (χ2v) is 6.62. The topological polar surface area (TPSA) is 138 Å². The molecule has 1 aliphatic heterocycles. The molecule has 0 spiro atoms. The summed E-state index contributed by atoms with van der Waals surface area (Å²) >= 11 is 0. The second kappa shape index (κ2) is 9.30. The van der Waals surface area contributed by atoms with E-state index in [1.54, 1.807) is 18.2 Å². The molecule has 0 atom stereocenters. The first-order valence-electron chi connectivity index (χ1n) is 9.21. The number of carboxylic acid groups (broad SMARTS) is 1. The molecule has 2 aromatic heterocycles. The third kappa shape index (κ3) is 4.53. The highest BCUT2D eigenvalue weighted by Gasteiger charge is 2.28. The predicted octanol–water partition coefficient (Wildman–Crippen LogP) is 2.25. The van der Waals surface area contributed by atoms with Gasteiger partial charge in [-0.25, -0.2) is 14.8 Å². The quantitative estimate of drug-likeness (QED) is 0.690. The summed E-state index contributed by atoms with van der Waals surface area (Å²) < 4.78 is 10.6. The molecule has 0 aliphatic carbocycles. The Morgan fingerprint density at radius 2 is 2.13 bits per heavy atom. The maximum atomic E-state index is 12.9. The highest BCUT2D eigenvalue weighted by molar-refractivity contribution is 6.01. The van der Waals surface area contributed by atoms with Crippen LogP contribution in [-0.2, 0) is 27.1 Å². The van der Waals surface area contributed by atoms with Crippen molar-refractivity contribution in [3.05, 3.63) is 46.8 Å². The van der Waals surface area contributed by atoms with Gasteiger partial charge in [-0.05, 0) is 42.2 Å². The van der Waals surface area contributed by atoms with E-state index in [0.717, 1.165) is 5.56 Å². The fourth-order valence-corrected chi connectivity index (χ4v) is 3.29. The number of nitrogens with one attached hydrogen (secondary N) is 1. The summed E-state index contributed by atoms with van der Waals surface area (Å²) in [6.45, 7) is 0.435. The fraction of sp³-hybridized carbons (Fsp3) is 0.350. The van der Waals surface area contributed by atoms with Crippen LogP contribution >= 0.6 is 0 Å². The van der Waals surface area contributed by atoms with Crippen LogP contribution in [0.3, 0.4) is 0 Å². The molecule has 30 heavy (non-hydrogen) atoms. The molecule has 0 aromatic carbocycles. The third-order valence-corrected chi connectivity index (χ3v) is 4.64. The third-order valence-electron chi connectivity index (χ3n) is 4.64. The first-order valence-corrected chi connectivity index (χ1v) is 9.21. The summed E-state index contributed by atoms with van der Waals surface area (Å²) in [6, 6.07) is 6.39. The lowest BCUT2D eigenvalue weighted by molar-refractivity contribution is -0.136. The number of urea groups is 1. The van der Waals surface area contributed by atoms with E-state index >= 15 is 0 Å². The number of nitrogens with zero attached hydrogens (tertiary/aromatic N) is 4. The van der Waals surface area contributed by atoms with Crippen molar-refractivity contribution < 1.29 is 24.2 Å². The molecule has 10 heteroatoms. The van der Waals surface area contributed by atoms with Gasteiger partial charge in [0.1, 0.15) is 23.4 Å². The number of hydrogen-bond acceptors (Lipinski definition) is 7. The van der Waals surface area contributed by atoms with Gasteiger partial charge in [-0.15, -0.1) is 0 Å². The van der Waals surface area contributed by atoms with E-state index in [9.17, 15) is 14.7 Å². The summed E-state index contributed by atoms with van der Waals surface area (Å²) in [5.74, 6) is -0.266. The molecule has 0 fully saturated rings. The molecular weight excluding hydrogens is 390 g/mol. The number of aromatic nitrogens is 2. The normalized spacial score (nSPS) is 12.9. The number of carboxylic acids is 1. The van der Waals surface area contributed by atoms with Crippen molar-refractivity contribution in [3.8, 4) is 6.07 Å². The Hall–Kier alpha value is -3.55. The number of nitriles is 1. The minimum atomic E-state index is -0.999. The number of aryl methyl sites for hydroxylation is 1. The standard InChI is InChI=1S/C20H21N5O5/c1-29-19(30-2)17-14(9-16(26)27)8-13-4-3-7-25(18(13)24-17)20(28)23-15-6-5-12(10-21)11-22-15/h5-6,8,11,19H,3-4,7,9H2,1-2H3,(H,26,27)(H,22,23,28). The van der Waals surface area contributed by atoms with E-state index in [0.29, 0.717) is 47.8 Å². The molecule has 0 bridgehead atoms. The Balaban J connectivity index is 1.94. The molecule has 0 unspecified atom stereocenters. The van der Waals surface area contributed by atoms with E-state index in [-0.39, 0.29) is 6.42 Å². The van der Waals surface area contributed by atoms with Crippen LogP contribution in [0, 0.1) is 11.3 Å². The number of amides is 2. The van der Waals surface area contributed by atoms with Crippen molar-refractivity contribution in [2.24, 2.45) is 0 Å². The Kier molecular flexibility index (Phi) is 6.56. The van der Waals surface area contributed by atoms with E-state index in [4.69, 9.17) is 14.7 Å². The van der Waals surface area contributed by atoms with Crippen LogP contribution in [0.25, 0.3) is 0 Å². The number of rotatable bonds is 6. The minimum Gasteiger partial charge on any atom is -0.481 e. The van der Waals surface area contributed by atoms with E-state index in [1.165, 1.54) is 25.3 Å². The second-order valence-electron chi connectivity index (χ2n) is 6.62. The summed E-state index contributed by atoms with van der Waals surface area (Å²) in [6.07, 6.45) is 1.64. The maximum absolute atomic E-state index is 12.9. The van der Waals surface area contributed by atoms with Gasteiger partial charge in [0, 0.05) is 27.0 Å². The fourth-order valence-electron chi connectivity index (χ4n) is 3.29. The summed E-state index contributed by atoms with van der Waals surface area (Å²) in [5.41, 5.74) is 1.96. The number of aliphatic carboxylic acids is 1. The number of anilines is 2. The monoisotopic (exact) mass is 411 g/mol. The highest BCUT2D eigenvalue weighted by atomic mass is 16.7. The average molecular weight is 411 g/mol. The number of hydrogen-bond donors (Lipinski definition) is 2. The number of ether oxygens (including phenoxy) is 2. The maximum Gasteiger partial charge on any atom is 0.328 e. The van der Waals surface area contributed by atoms with Crippen LogP contribution in [0.15, 0.2) is 24.4 Å². The van der Waals surface area contributed by atoms with Gasteiger partial charge < -0.3 is 14.6 Å². The lowest BCUT2D eigenvalue weighted by Gasteiger charge is -2.30. The molecule has 2 N–H and O–H groups in total. The van der Waals surface area contributed by atoms with E-state index in [1.807, 2.05) is 6.07 Å². The van der Waals surface area contributed by atoms with E-state index in [2.05, 4.69) is 15.3 Å². The number of pyridine rings is 2. The molecular formula is C20H21N5O5. The summed E-state index contributed by atoms with van der Waals surface area (Å²) in [7, 11) is 2.86. The predicted molar refractivity (Wildman–Crippen MR) is 106 cm³/mol. The lowest BCUT2D eigenvalue weighted by atomic mass is 10.00. The molecule has 10 nitrogen and oxygen atoms in total. The Bertz CT molecular complexity index is 982. The summed E-state index contributed by atoms with van der Waals surface area (Å²) in [4.78, 5) is 34.3. The molecule has 0 saturated carbocycles. The molecule has 3 rings (SSSR count). The van der Waals surface area contributed by atoms with Crippen LogP contribution in [0.2, 0.25) is 0 Å². The number of methoxy groups -OCH3 is 2. The van der Waals surface area contributed by atoms with Gasteiger partial charge in [0.05, 0.1) is 12.0 Å². The highest BCUT2D eigenvalue weighted by Crippen LogP contribution is 2.31. The molecule has 3 heterocycles. The minimum absolute atomic E-state index is 0.236. The van der Waals surface area contributed by atoms with Gasteiger partial charge in [0.2, 0.25) is 6.29 Å². The van der Waals surface area contributed by atoms with Crippen molar-refractivity contribution in [2.75, 3.05) is 31.0 Å². The summed E-state index contributed by atoms with van der Waals surface area (Å²) in [5, 5.41) is 20.8. The molecule has 1 aliphatic rings. The largest absolute Gasteiger partial charge is 0.481 e. The Morgan fingerprint density at radius 1 is 1.37 bits per heavy atom. The van der Waals surface area contributed by atoms with Crippen molar-refractivity contribution >= 4 is 23.6 Å². The Morgan fingerprint density at radius 3 is 2.73 bits per heavy atom. The van der Waals surface area contributed by atoms with Crippen LogP contribution < -0.4 is 10.2 Å². The van der Waals surface area contributed by atoms with Crippen LogP contribution in [0.1, 0.15) is 35.1 Å². The molecule has 0 radical (unpaired) electrons. The van der Waals surface area contributed by atoms with Gasteiger partial charge in [-0.1, -0.05) is 0 Å². The zero-order chi connectivity index (χ0) is 21.7. The SMILES string of the molecule is COC(OC)c1nc2c(cc1CC(=O)O)CCCN2C(=O)Nc1ccc(C#N)cn1. The average Bonchev–Trinajstić information content (AvgIpc) is 2.74. The van der Waals surface area contributed by atoms with E-state index < -0.39 is 18.3 Å². The van der Waals surface area contributed by atoms with Gasteiger partial charge >= 0.3 is 12.0 Å². The van der Waals surface area contributed by atoms with Gasteiger partial charge in [-0.3, -0.25) is 15.0 Å². The molecule has 156 valence electrons. The van der Waals surface area contributed by atoms with Crippen LogP contribution in [0.5, 0.6) is 0 Å². The smallest absolute Gasteiger partial charge is 0.328 e. The van der Waals surface area contributed by atoms with Crippen LogP contribution in [0.4, 0.5) is 16.4 Å². The zero-order valence-electron chi connectivity index (χ0n) is 16.6. The van der Waals surface area contributed by atoms with Crippen molar-refractivity contribution in [1.82, 2.24) is 9.97 Å². The van der Waals surface area contributed by atoms with Crippen molar-refractivity contribution in [1.29, 1.82) is 5.26 Å². The molecule has 2 amide bonds. The van der Waals surface area contributed by atoms with Gasteiger partial charge in [0.15, 0.2) is 0 Å². The van der Waals surface area contributed by atoms with Gasteiger partial charge in [-0.2, -0.15) is 5.26 Å². The first-order chi connectivity index (χ1) is 14.5. The first kappa shape index (κ1) is 21.2. The molecule has 2 aromatic rings. The number of carbonyl (C=O) groups excluding carboxylic acids is 1. The Labute approximate surface area is 173 Å².